The highest BCUT2D eigenvalue weighted by Crippen LogP contribution is 2.29. The summed E-state index contributed by atoms with van der Waals surface area (Å²) in [5.74, 6) is -0.0184. The summed E-state index contributed by atoms with van der Waals surface area (Å²) in [6, 6.07) is 11.3. The maximum Gasteiger partial charge on any atom is 0.255 e. The van der Waals surface area contributed by atoms with E-state index in [2.05, 4.69) is 10.6 Å². The molecule has 0 spiro atoms. The average Bonchev–Trinajstić information content (AvgIpc) is 2.67. The number of sulfonamides is 1. The summed E-state index contributed by atoms with van der Waals surface area (Å²) >= 11 is 0. The minimum atomic E-state index is -3.30. The van der Waals surface area contributed by atoms with Crippen LogP contribution in [0.1, 0.15) is 30.1 Å². The Kier molecular flexibility index (Phi) is 6.07. The van der Waals surface area contributed by atoms with Crippen LogP contribution in [-0.2, 0) is 14.8 Å². The highest BCUT2D eigenvalue weighted by molar-refractivity contribution is 7.92. The molecule has 1 aliphatic heterocycles. The molecule has 154 valence electrons. The molecule has 1 heterocycles. The van der Waals surface area contributed by atoms with Gasteiger partial charge < -0.3 is 15.4 Å². The monoisotopic (exact) mass is 417 g/mol. The zero-order chi connectivity index (χ0) is 21.0. The summed E-state index contributed by atoms with van der Waals surface area (Å²) in [4.78, 5) is 23.9. The molecule has 9 heteroatoms. The van der Waals surface area contributed by atoms with Crippen molar-refractivity contribution >= 4 is 38.9 Å². The van der Waals surface area contributed by atoms with E-state index in [0.717, 1.165) is 6.42 Å². The van der Waals surface area contributed by atoms with Gasteiger partial charge in [0.2, 0.25) is 15.9 Å². The van der Waals surface area contributed by atoms with E-state index in [1.54, 1.807) is 42.5 Å². The van der Waals surface area contributed by atoms with E-state index < -0.39 is 10.0 Å². The molecule has 1 saturated heterocycles. The predicted molar refractivity (Wildman–Crippen MR) is 112 cm³/mol. The first-order valence-corrected chi connectivity index (χ1v) is 10.8. The number of nitrogens with one attached hydrogen (secondary N) is 2. The highest BCUT2D eigenvalue weighted by Gasteiger charge is 2.26. The second kappa shape index (κ2) is 8.52. The normalized spacial score (nSPS) is 15.4. The van der Waals surface area contributed by atoms with Crippen LogP contribution in [0.15, 0.2) is 42.5 Å². The smallest absolute Gasteiger partial charge is 0.255 e. The molecule has 0 aliphatic carbocycles. The molecule has 0 saturated carbocycles. The van der Waals surface area contributed by atoms with Crippen molar-refractivity contribution in [2.24, 2.45) is 0 Å². The first-order valence-electron chi connectivity index (χ1n) is 9.17. The van der Waals surface area contributed by atoms with E-state index >= 15 is 0 Å². The number of hydrogen-bond donors (Lipinski definition) is 2. The van der Waals surface area contributed by atoms with Gasteiger partial charge in [0.25, 0.3) is 5.91 Å². The average molecular weight is 417 g/mol. The summed E-state index contributed by atoms with van der Waals surface area (Å²) in [5.41, 5.74) is 1.85. The number of ether oxygens (including phenoxy) is 1. The lowest BCUT2D eigenvalue weighted by Crippen LogP contribution is -2.37. The lowest BCUT2D eigenvalue weighted by Gasteiger charge is -2.28. The molecular weight excluding hydrogens is 394 g/mol. The maximum atomic E-state index is 12.6. The molecule has 2 aromatic carbocycles. The molecule has 1 aliphatic rings. The molecule has 2 aromatic rings. The number of benzene rings is 2. The van der Waals surface area contributed by atoms with Crippen LogP contribution in [0.2, 0.25) is 0 Å². The molecule has 2 amide bonds. The van der Waals surface area contributed by atoms with Gasteiger partial charge in [-0.15, -0.1) is 0 Å². The number of carbonyl (C=O) groups excluding carboxylic acids is 2. The number of rotatable bonds is 5. The van der Waals surface area contributed by atoms with Crippen LogP contribution in [-0.4, -0.2) is 39.6 Å². The van der Waals surface area contributed by atoms with Crippen molar-refractivity contribution in [1.29, 1.82) is 0 Å². The molecule has 8 nitrogen and oxygen atoms in total. The van der Waals surface area contributed by atoms with Crippen molar-refractivity contribution in [2.75, 3.05) is 34.3 Å². The minimum absolute atomic E-state index is 0.139. The van der Waals surface area contributed by atoms with Gasteiger partial charge in [-0.3, -0.25) is 13.9 Å². The topological polar surface area (TPSA) is 105 Å². The van der Waals surface area contributed by atoms with E-state index in [0.29, 0.717) is 41.3 Å². The van der Waals surface area contributed by atoms with E-state index in [1.165, 1.54) is 18.3 Å². The Bertz CT molecular complexity index is 1020. The van der Waals surface area contributed by atoms with E-state index in [9.17, 15) is 18.0 Å². The van der Waals surface area contributed by atoms with E-state index in [1.807, 2.05) is 0 Å². The Morgan fingerprint density at radius 2 is 1.76 bits per heavy atom. The Morgan fingerprint density at radius 3 is 2.38 bits per heavy atom. The third kappa shape index (κ3) is 4.86. The molecule has 3 rings (SSSR count). The molecule has 0 aromatic heterocycles. The first-order chi connectivity index (χ1) is 13.8. The zero-order valence-electron chi connectivity index (χ0n) is 16.3. The van der Waals surface area contributed by atoms with Gasteiger partial charge in [-0.25, -0.2) is 8.42 Å². The molecule has 0 radical (unpaired) electrons. The van der Waals surface area contributed by atoms with Gasteiger partial charge in [0.15, 0.2) is 0 Å². The quantitative estimate of drug-likeness (QED) is 0.778. The van der Waals surface area contributed by atoms with Crippen LogP contribution >= 0.6 is 0 Å². The number of methoxy groups -OCH3 is 1. The van der Waals surface area contributed by atoms with Gasteiger partial charge in [-0.1, -0.05) is 0 Å². The Hall–Kier alpha value is -3.07. The molecule has 1 fully saturated rings. The van der Waals surface area contributed by atoms with Crippen LogP contribution in [0, 0.1) is 0 Å². The largest absolute Gasteiger partial charge is 0.495 e. The van der Waals surface area contributed by atoms with Crippen molar-refractivity contribution in [3.8, 4) is 5.75 Å². The lowest BCUT2D eigenvalue weighted by molar-refractivity contribution is -0.114. The zero-order valence-corrected chi connectivity index (χ0v) is 17.1. The summed E-state index contributed by atoms with van der Waals surface area (Å²) < 4.78 is 31.1. The summed E-state index contributed by atoms with van der Waals surface area (Å²) in [6.45, 7) is 1.84. The Morgan fingerprint density at radius 1 is 1.03 bits per heavy atom. The van der Waals surface area contributed by atoms with Gasteiger partial charge >= 0.3 is 0 Å². The van der Waals surface area contributed by atoms with Crippen molar-refractivity contribution < 1.29 is 22.7 Å². The maximum absolute atomic E-state index is 12.6. The number of hydrogen-bond acceptors (Lipinski definition) is 5. The van der Waals surface area contributed by atoms with Crippen molar-refractivity contribution in [3.63, 3.8) is 0 Å². The van der Waals surface area contributed by atoms with Gasteiger partial charge in [0, 0.05) is 24.7 Å². The van der Waals surface area contributed by atoms with Crippen molar-refractivity contribution in [3.05, 3.63) is 48.0 Å². The van der Waals surface area contributed by atoms with Gasteiger partial charge in [-0.05, 0) is 55.3 Å². The highest BCUT2D eigenvalue weighted by atomic mass is 32.2. The standard InChI is InChI=1S/C20H23N3O5S/c1-14(24)21-16-7-10-19(28-2)18(13-16)22-20(25)15-5-8-17(9-6-15)23-11-3-4-12-29(23,26)27/h5-10,13H,3-4,11-12H2,1-2H3,(H,21,24)(H,22,25). The van der Waals surface area contributed by atoms with Gasteiger partial charge in [0.1, 0.15) is 5.75 Å². The number of nitrogens with zero attached hydrogens (tertiary/aromatic N) is 1. The summed E-state index contributed by atoms with van der Waals surface area (Å²) in [7, 11) is -1.82. The lowest BCUT2D eigenvalue weighted by atomic mass is 10.1. The molecule has 29 heavy (non-hydrogen) atoms. The third-order valence-electron chi connectivity index (χ3n) is 4.53. The third-order valence-corrected chi connectivity index (χ3v) is 6.40. The molecular formula is C20H23N3O5S. The fourth-order valence-corrected chi connectivity index (χ4v) is 4.78. The second-order valence-electron chi connectivity index (χ2n) is 6.69. The fraction of sp³-hybridized carbons (Fsp3) is 0.300. The van der Waals surface area contributed by atoms with Crippen LogP contribution in [0.4, 0.5) is 17.1 Å². The Balaban J connectivity index is 1.78. The molecule has 0 bridgehead atoms. The second-order valence-corrected chi connectivity index (χ2v) is 8.71. The Labute approximate surface area is 169 Å². The number of anilines is 3. The minimum Gasteiger partial charge on any atom is -0.495 e. The van der Waals surface area contributed by atoms with Crippen LogP contribution in [0.5, 0.6) is 5.75 Å². The number of carbonyl (C=O) groups is 2. The van der Waals surface area contributed by atoms with Gasteiger partial charge in [0.05, 0.1) is 24.2 Å². The summed E-state index contributed by atoms with van der Waals surface area (Å²) in [6.07, 6.45) is 1.48. The molecule has 0 unspecified atom stereocenters. The van der Waals surface area contributed by atoms with Crippen LogP contribution < -0.4 is 19.7 Å². The summed E-state index contributed by atoms with van der Waals surface area (Å²) in [5, 5.41) is 5.41. The van der Waals surface area contributed by atoms with Crippen molar-refractivity contribution in [2.45, 2.75) is 19.8 Å². The fourth-order valence-electron chi connectivity index (χ4n) is 3.14. The molecule has 2 N–H and O–H groups in total. The SMILES string of the molecule is COc1ccc(NC(C)=O)cc1NC(=O)c1ccc(N2CCCCS2(=O)=O)cc1. The van der Waals surface area contributed by atoms with Crippen LogP contribution in [0.3, 0.4) is 0 Å². The first kappa shape index (κ1) is 20.7. The van der Waals surface area contributed by atoms with Crippen molar-refractivity contribution in [1.82, 2.24) is 0 Å². The molecule has 0 atom stereocenters. The van der Waals surface area contributed by atoms with Crippen LogP contribution in [0.25, 0.3) is 0 Å². The number of amides is 2. The van der Waals surface area contributed by atoms with E-state index in [4.69, 9.17) is 4.74 Å². The van der Waals surface area contributed by atoms with Gasteiger partial charge in [-0.2, -0.15) is 0 Å². The van der Waals surface area contributed by atoms with E-state index in [-0.39, 0.29) is 17.6 Å². The predicted octanol–water partition coefficient (Wildman–Crippen LogP) is 2.84.